The van der Waals surface area contributed by atoms with E-state index in [1.165, 1.54) is 56.9 Å². The zero-order chi connectivity index (χ0) is 26.9. The van der Waals surface area contributed by atoms with Crippen LogP contribution in [0.4, 0.5) is 17.6 Å². The fraction of sp³-hybridized carbons (Fsp3) is 0.185. The van der Waals surface area contributed by atoms with E-state index in [1.807, 2.05) is 0 Å². The van der Waals surface area contributed by atoms with Crippen LogP contribution in [-0.2, 0) is 25.6 Å². The van der Waals surface area contributed by atoms with E-state index in [1.54, 1.807) is 13.0 Å². The normalized spacial score (nSPS) is 16.5. The van der Waals surface area contributed by atoms with Crippen LogP contribution in [0.25, 0.3) is 11.1 Å². The number of allylic oxidation sites excluding steroid dienone is 7. The molecule has 0 unspecified atom stereocenters. The second-order valence-corrected chi connectivity index (χ2v) is 8.16. The van der Waals surface area contributed by atoms with Crippen LogP contribution in [0, 0.1) is 5.82 Å². The van der Waals surface area contributed by atoms with Crippen molar-refractivity contribution in [3.63, 3.8) is 0 Å². The van der Waals surface area contributed by atoms with Crippen LogP contribution < -0.4 is 0 Å². The molecule has 0 spiro atoms. The maximum absolute atomic E-state index is 14.2. The number of nitrogens with zero attached hydrogens (tertiary/aromatic N) is 1. The lowest BCUT2D eigenvalue weighted by Crippen LogP contribution is -2.41. The highest BCUT2D eigenvalue weighted by atomic mass is 19.4. The third-order valence-corrected chi connectivity index (χ3v) is 5.90. The molecule has 0 aliphatic heterocycles. The third-order valence-electron chi connectivity index (χ3n) is 5.90. The third kappa shape index (κ3) is 5.13. The Kier molecular flexibility index (Phi) is 6.93. The molecule has 0 radical (unpaired) electrons. The van der Waals surface area contributed by atoms with E-state index in [-0.39, 0.29) is 33.3 Å². The summed E-state index contributed by atoms with van der Waals surface area (Å²) in [5, 5.41) is 0. The molecule has 1 aromatic heterocycles. The van der Waals surface area contributed by atoms with Gasteiger partial charge in [0.15, 0.2) is 11.5 Å². The van der Waals surface area contributed by atoms with E-state index in [2.05, 4.69) is 0 Å². The summed E-state index contributed by atoms with van der Waals surface area (Å²) in [6, 6.07) is 6.59. The van der Waals surface area contributed by atoms with Gasteiger partial charge in [0, 0.05) is 6.08 Å². The van der Waals surface area contributed by atoms with Crippen LogP contribution in [0.1, 0.15) is 23.8 Å². The van der Waals surface area contributed by atoms with Crippen molar-refractivity contribution in [3.05, 3.63) is 106 Å². The molecular formula is C27H21F4NO5. The number of ether oxygens (including phenoxy) is 2. The summed E-state index contributed by atoms with van der Waals surface area (Å²) in [5.74, 6) is -2.39. The number of furan rings is 1. The average molecular weight is 515 g/mol. The summed E-state index contributed by atoms with van der Waals surface area (Å²) < 4.78 is 70.6. The van der Waals surface area contributed by atoms with Gasteiger partial charge in [-0.05, 0) is 82.8 Å². The van der Waals surface area contributed by atoms with Crippen LogP contribution in [0.3, 0.4) is 0 Å². The number of ketones is 1. The summed E-state index contributed by atoms with van der Waals surface area (Å²) in [7, 11) is 2.67. The number of hydrogen-bond donors (Lipinski definition) is 0. The van der Waals surface area contributed by atoms with Crippen molar-refractivity contribution in [3.8, 4) is 0 Å². The molecule has 37 heavy (non-hydrogen) atoms. The minimum absolute atomic E-state index is 0.0332. The lowest BCUT2D eigenvalue weighted by molar-refractivity contribution is -0.242. The highest BCUT2D eigenvalue weighted by Gasteiger charge is 2.41. The van der Waals surface area contributed by atoms with Gasteiger partial charge in [-0.15, -0.1) is 13.2 Å². The molecule has 0 saturated heterocycles. The first-order valence-electron chi connectivity index (χ1n) is 10.9. The lowest BCUT2D eigenvalue weighted by atomic mass is 9.99. The summed E-state index contributed by atoms with van der Waals surface area (Å²) in [6.45, 7) is 0.793. The van der Waals surface area contributed by atoms with E-state index < -0.39 is 30.4 Å². The molecule has 192 valence electrons. The van der Waals surface area contributed by atoms with E-state index in [0.717, 1.165) is 12.1 Å². The van der Waals surface area contributed by atoms with Gasteiger partial charge in [-0.2, -0.15) is 0 Å². The largest absolute Gasteiger partial charge is 0.492 e. The highest BCUT2D eigenvalue weighted by molar-refractivity contribution is 6.10. The summed E-state index contributed by atoms with van der Waals surface area (Å²) >= 11 is 0. The minimum atomic E-state index is -4.98. The van der Waals surface area contributed by atoms with E-state index in [4.69, 9.17) is 13.9 Å². The molecule has 4 rings (SSSR count). The Bertz CT molecular complexity index is 1380. The maximum Gasteiger partial charge on any atom is 0.487 e. The van der Waals surface area contributed by atoms with Gasteiger partial charge in [-0.3, -0.25) is 9.59 Å². The maximum atomic E-state index is 14.2. The van der Waals surface area contributed by atoms with Gasteiger partial charge in [0.25, 0.3) is 11.7 Å². The number of methoxy groups -OCH3 is 2. The molecule has 0 atom stereocenters. The standard InChI is InChI=1S/C27H21F4NO5/c1-15-20(9-16-10-23(35-2)26(34)24(11-16)36-3)19-7-6-17(28)12-22(19)21(15)13-25(33)32(27(29,30)31)14-18-5-4-8-37-18/h4-13H,14H2,1-3H3/b21-13+. The quantitative estimate of drug-likeness (QED) is 0.280. The molecule has 2 aliphatic rings. The Balaban J connectivity index is 1.81. The van der Waals surface area contributed by atoms with Gasteiger partial charge in [0.05, 0.1) is 27.0 Å². The Morgan fingerprint density at radius 2 is 1.76 bits per heavy atom. The van der Waals surface area contributed by atoms with Crippen molar-refractivity contribution in [1.82, 2.24) is 4.90 Å². The number of benzene rings is 1. The van der Waals surface area contributed by atoms with Crippen LogP contribution in [0.5, 0.6) is 0 Å². The number of rotatable bonds is 6. The smallest absolute Gasteiger partial charge is 0.487 e. The number of hydrogen-bond acceptors (Lipinski definition) is 5. The van der Waals surface area contributed by atoms with E-state index >= 15 is 0 Å². The molecule has 1 aromatic carbocycles. The van der Waals surface area contributed by atoms with E-state index in [0.29, 0.717) is 22.3 Å². The molecule has 2 aliphatic carbocycles. The molecule has 10 heteroatoms. The number of amides is 1. The zero-order valence-electron chi connectivity index (χ0n) is 20.0. The molecule has 6 nitrogen and oxygen atoms in total. The number of alkyl halides is 3. The summed E-state index contributed by atoms with van der Waals surface area (Å²) in [4.78, 5) is 24.9. The van der Waals surface area contributed by atoms with Crippen LogP contribution >= 0.6 is 0 Å². The average Bonchev–Trinajstić information content (AvgIpc) is 3.45. The van der Waals surface area contributed by atoms with E-state index in [9.17, 15) is 27.2 Å². The molecular weight excluding hydrogens is 494 g/mol. The molecule has 1 heterocycles. The van der Waals surface area contributed by atoms with Gasteiger partial charge in [-0.25, -0.2) is 9.29 Å². The summed E-state index contributed by atoms with van der Waals surface area (Å²) in [6.07, 6.45) is 1.69. The zero-order valence-corrected chi connectivity index (χ0v) is 20.0. The van der Waals surface area contributed by atoms with Gasteiger partial charge >= 0.3 is 6.30 Å². The van der Waals surface area contributed by atoms with Crippen LogP contribution in [-0.4, -0.2) is 37.1 Å². The molecule has 0 bridgehead atoms. The minimum Gasteiger partial charge on any atom is -0.492 e. The fourth-order valence-corrected chi connectivity index (χ4v) is 4.10. The number of halogens is 4. The SMILES string of the molecule is COC1=CC(=CC2=C(C)/C(=C\C(=O)N(Cc3ccco3)C(F)(F)F)c3cc(F)ccc32)C=C(OC)C1=O. The van der Waals surface area contributed by atoms with Gasteiger partial charge in [0.1, 0.15) is 11.6 Å². The number of fused-ring (bicyclic) bond motifs is 1. The monoisotopic (exact) mass is 515 g/mol. The van der Waals surface area contributed by atoms with Crippen molar-refractivity contribution in [2.75, 3.05) is 14.2 Å². The molecule has 0 fully saturated rings. The first-order valence-corrected chi connectivity index (χ1v) is 10.9. The molecule has 0 saturated carbocycles. The predicted molar refractivity (Wildman–Crippen MR) is 126 cm³/mol. The topological polar surface area (TPSA) is 69.0 Å². The molecule has 1 amide bonds. The van der Waals surface area contributed by atoms with Gasteiger partial charge in [0.2, 0.25) is 0 Å². The molecule has 2 aromatic rings. The number of Topliss-reactive ketones (excluding diaryl/α,β-unsaturated/α-hetero) is 1. The fourth-order valence-electron chi connectivity index (χ4n) is 4.10. The first-order chi connectivity index (χ1) is 17.5. The van der Waals surface area contributed by atoms with Crippen molar-refractivity contribution >= 4 is 22.8 Å². The van der Waals surface area contributed by atoms with Crippen molar-refractivity contribution in [2.24, 2.45) is 0 Å². The second kappa shape index (κ2) is 9.96. The van der Waals surface area contributed by atoms with Crippen LogP contribution in [0.2, 0.25) is 0 Å². The van der Waals surface area contributed by atoms with Crippen molar-refractivity contribution < 1.29 is 41.0 Å². The highest BCUT2D eigenvalue weighted by Crippen LogP contribution is 2.43. The Hall–Kier alpha value is -4.34. The lowest BCUT2D eigenvalue weighted by Gasteiger charge is -2.23. The Labute approximate surface area is 209 Å². The molecule has 0 N–H and O–H groups in total. The second-order valence-electron chi connectivity index (χ2n) is 8.16. The first kappa shape index (κ1) is 25.7. The number of carbonyl (C=O) groups excluding carboxylic acids is 2. The van der Waals surface area contributed by atoms with Crippen molar-refractivity contribution in [2.45, 2.75) is 19.8 Å². The Morgan fingerprint density at radius 1 is 1.08 bits per heavy atom. The van der Waals surface area contributed by atoms with Gasteiger partial charge in [-0.1, -0.05) is 6.07 Å². The van der Waals surface area contributed by atoms with Crippen molar-refractivity contribution in [1.29, 1.82) is 0 Å². The predicted octanol–water partition coefficient (Wildman–Crippen LogP) is 5.71. The van der Waals surface area contributed by atoms with Gasteiger partial charge < -0.3 is 13.9 Å². The Morgan fingerprint density at radius 3 is 2.32 bits per heavy atom. The van der Waals surface area contributed by atoms with Crippen LogP contribution in [0.15, 0.2) is 88.0 Å². The number of carbonyl (C=O) groups is 2. The summed E-state index contributed by atoms with van der Waals surface area (Å²) in [5.41, 5.74) is 2.38.